The van der Waals surface area contributed by atoms with Crippen LogP contribution < -0.4 is 5.73 Å². The van der Waals surface area contributed by atoms with Crippen molar-refractivity contribution >= 4 is 0 Å². The second-order valence-corrected chi connectivity index (χ2v) is 6.03. The third-order valence-corrected chi connectivity index (χ3v) is 4.53. The molecule has 3 nitrogen and oxygen atoms in total. The first-order valence-corrected chi connectivity index (χ1v) is 7.99. The quantitative estimate of drug-likeness (QED) is 0.897. The van der Waals surface area contributed by atoms with Crippen molar-refractivity contribution in [2.75, 3.05) is 26.2 Å². The van der Waals surface area contributed by atoms with E-state index in [-0.39, 0.29) is 6.10 Å². The topological polar surface area (TPSA) is 38.5 Å². The van der Waals surface area contributed by atoms with Crippen LogP contribution >= 0.6 is 0 Å². The Morgan fingerprint density at radius 1 is 1.25 bits per heavy atom. The number of rotatable bonds is 5. The van der Waals surface area contributed by atoms with Crippen molar-refractivity contribution in [2.45, 2.75) is 44.2 Å². The molecule has 0 amide bonds. The Hall–Kier alpha value is -0.900. The van der Waals surface area contributed by atoms with Gasteiger partial charge in [0, 0.05) is 13.1 Å². The fourth-order valence-electron chi connectivity index (χ4n) is 3.47. The number of morpholine rings is 1. The van der Waals surface area contributed by atoms with Crippen molar-refractivity contribution in [3.8, 4) is 0 Å². The molecule has 0 spiro atoms. The van der Waals surface area contributed by atoms with Crippen LogP contribution in [-0.2, 0) is 4.74 Å². The molecule has 1 heterocycles. The van der Waals surface area contributed by atoms with E-state index in [2.05, 4.69) is 36.1 Å². The van der Waals surface area contributed by atoms with Crippen LogP contribution in [0.25, 0.3) is 0 Å². The molecule has 1 aliphatic carbocycles. The fourth-order valence-corrected chi connectivity index (χ4v) is 3.47. The summed E-state index contributed by atoms with van der Waals surface area (Å²) in [4.78, 5) is 2.57. The Labute approximate surface area is 122 Å². The maximum Gasteiger partial charge on any atom is 0.0894 e. The molecule has 1 saturated heterocycles. The molecular weight excluding hydrogens is 248 g/mol. The van der Waals surface area contributed by atoms with E-state index in [0.29, 0.717) is 12.6 Å². The van der Waals surface area contributed by atoms with Gasteiger partial charge in [0.15, 0.2) is 0 Å². The molecule has 2 aliphatic rings. The lowest BCUT2D eigenvalue weighted by atomic mass is 9.91. The maximum atomic E-state index is 5.98. The summed E-state index contributed by atoms with van der Waals surface area (Å²) < 4.78 is 5.96. The van der Waals surface area contributed by atoms with Crippen LogP contribution in [0.4, 0.5) is 0 Å². The van der Waals surface area contributed by atoms with E-state index in [0.717, 1.165) is 25.6 Å². The molecule has 2 N–H and O–H groups in total. The highest BCUT2D eigenvalue weighted by Crippen LogP contribution is 2.44. The van der Waals surface area contributed by atoms with Crippen molar-refractivity contribution in [1.29, 1.82) is 0 Å². The number of nitrogens with zero attached hydrogens (tertiary/aromatic N) is 1. The molecule has 1 aromatic carbocycles. The van der Waals surface area contributed by atoms with E-state index in [4.69, 9.17) is 10.5 Å². The third-order valence-electron chi connectivity index (χ3n) is 4.53. The predicted molar refractivity (Wildman–Crippen MR) is 81.8 cm³/mol. The van der Waals surface area contributed by atoms with E-state index in [1.54, 1.807) is 0 Å². The first-order chi connectivity index (χ1) is 9.85. The van der Waals surface area contributed by atoms with E-state index in [1.807, 2.05) is 0 Å². The summed E-state index contributed by atoms with van der Waals surface area (Å²) in [7, 11) is 0. The van der Waals surface area contributed by atoms with Gasteiger partial charge in [-0.3, -0.25) is 4.90 Å². The second-order valence-electron chi connectivity index (χ2n) is 6.03. The number of ether oxygens (including phenoxy) is 1. The molecule has 1 aliphatic heterocycles. The maximum absolute atomic E-state index is 5.98. The first-order valence-electron chi connectivity index (χ1n) is 7.99. The summed E-state index contributed by atoms with van der Waals surface area (Å²) in [6.45, 7) is 5.81. The molecule has 20 heavy (non-hydrogen) atoms. The molecule has 2 unspecified atom stereocenters. The minimum atomic E-state index is 0.134. The van der Waals surface area contributed by atoms with Crippen molar-refractivity contribution in [1.82, 2.24) is 4.90 Å². The Kier molecular flexibility index (Phi) is 4.39. The number of benzene rings is 1. The lowest BCUT2D eigenvalue weighted by molar-refractivity contribution is -0.0678. The van der Waals surface area contributed by atoms with E-state index < -0.39 is 0 Å². The lowest BCUT2D eigenvalue weighted by Crippen LogP contribution is -2.48. The van der Waals surface area contributed by atoms with Gasteiger partial charge in [-0.25, -0.2) is 0 Å². The molecule has 3 heteroatoms. The molecule has 1 saturated carbocycles. The fraction of sp³-hybridized carbons (Fsp3) is 0.647. The highest BCUT2D eigenvalue weighted by atomic mass is 16.5. The van der Waals surface area contributed by atoms with Gasteiger partial charge in [0.25, 0.3) is 0 Å². The Morgan fingerprint density at radius 2 is 2.00 bits per heavy atom. The van der Waals surface area contributed by atoms with Crippen LogP contribution in [0.5, 0.6) is 0 Å². The van der Waals surface area contributed by atoms with Gasteiger partial charge in [-0.15, -0.1) is 0 Å². The Balaban J connectivity index is 1.94. The summed E-state index contributed by atoms with van der Waals surface area (Å²) in [6.07, 6.45) is 3.99. The standard InChI is InChI=1S/C17H26N2O/c1-2-9-19-10-11-20-16(12-18)17(19)15-6-4-3-5-14(15)13-7-8-13/h3-6,13,16-17H,2,7-12,18H2,1H3. The van der Waals surface area contributed by atoms with E-state index >= 15 is 0 Å². The minimum Gasteiger partial charge on any atom is -0.374 e. The van der Waals surface area contributed by atoms with Gasteiger partial charge in [0.1, 0.15) is 0 Å². The van der Waals surface area contributed by atoms with Gasteiger partial charge >= 0.3 is 0 Å². The zero-order valence-corrected chi connectivity index (χ0v) is 12.4. The Morgan fingerprint density at radius 3 is 2.65 bits per heavy atom. The average molecular weight is 274 g/mol. The monoisotopic (exact) mass is 274 g/mol. The Bertz CT molecular complexity index is 442. The predicted octanol–water partition coefficient (Wildman–Crippen LogP) is 2.67. The van der Waals surface area contributed by atoms with Gasteiger partial charge in [-0.05, 0) is 42.9 Å². The molecule has 1 aromatic rings. The van der Waals surface area contributed by atoms with Crippen molar-refractivity contribution < 1.29 is 4.74 Å². The van der Waals surface area contributed by atoms with Gasteiger partial charge < -0.3 is 10.5 Å². The lowest BCUT2D eigenvalue weighted by Gasteiger charge is -2.42. The number of hydrogen-bond acceptors (Lipinski definition) is 3. The summed E-state index contributed by atoms with van der Waals surface area (Å²) >= 11 is 0. The second kappa shape index (κ2) is 6.25. The molecule has 2 fully saturated rings. The van der Waals surface area contributed by atoms with Crippen LogP contribution in [0.1, 0.15) is 49.3 Å². The molecule has 0 aromatic heterocycles. The molecule has 0 bridgehead atoms. The normalized spacial score (nSPS) is 27.7. The van der Waals surface area contributed by atoms with Crippen LogP contribution in [0.2, 0.25) is 0 Å². The first kappa shape index (κ1) is 14.1. The third kappa shape index (κ3) is 2.76. The van der Waals surface area contributed by atoms with Crippen molar-refractivity contribution in [2.24, 2.45) is 5.73 Å². The average Bonchev–Trinajstić information content (AvgIpc) is 3.32. The molecule has 2 atom stereocenters. The van der Waals surface area contributed by atoms with Crippen LogP contribution in [0, 0.1) is 0 Å². The van der Waals surface area contributed by atoms with Crippen molar-refractivity contribution in [3.63, 3.8) is 0 Å². The SMILES string of the molecule is CCCN1CCOC(CN)C1c1ccccc1C1CC1. The van der Waals surface area contributed by atoms with E-state index in [1.165, 1.54) is 30.4 Å². The molecule has 3 rings (SSSR count). The van der Waals surface area contributed by atoms with Crippen LogP contribution in [0.15, 0.2) is 24.3 Å². The summed E-state index contributed by atoms with van der Waals surface area (Å²) in [5, 5.41) is 0. The summed E-state index contributed by atoms with van der Waals surface area (Å²) in [5.41, 5.74) is 8.97. The summed E-state index contributed by atoms with van der Waals surface area (Å²) in [5.74, 6) is 0.773. The van der Waals surface area contributed by atoms with Gasteiger partial charge in [-0.1, -0.05) is 31.2 Å². The smallest absolute Gasteiger partial charge is 0.0894 e. The van der Waals surface area contributed by atoms with Crippen molar-refractivity contribution in [3.05, 3.63) is 35.4 Å². The van der Waals surface area contributed by atoms with Crippen LogP contribution in [-0.4, -0.2) is 37.2 Å². The molecule has 0 radical (unpaired) electrons. The zero-order chi connectivity index (χ0) is 13.9. The highest BCUT2D eigenvalue weighted by molar-refractivity contribution is 5.36. The largest absolute Gasteiger partial charge is 0.374 e. The summed E-state index contributed by atoms with van der Waals surface area (Å²) in [6, 6.07) is 9.26. The van der Waals surface area contributed by atoms with Gasteiger partial charge in [0.05, 0.1) is 18.8 Å². The van der Waals surface area contributed by atoms with E-state index in [9.17, 15) is 0 Å². The molecule has 110 valence electrons. The minimum absolute atomic E-state index is 0.134. The van der Waals surface area contributed by atoms with Gasteiger partial charge in [-0.2, -0.15) is 0 Å². The zero-order valence-electron chi connectivity index (χ0n) is 12.4. The highest BCUT2D eigenvalue weighted by Gasteiger charge is 2.36. The number of nitrogens with two attached hydrogens (primary N) is 1. The molecular formula is C17H26N2O. The van der Waals surface area contributed by atoms with Gasteiger partial charge in [0.2, 0.25) is 0 Å². The van der Waals surface area contributed by atoms with Crippen LogP contribution in [0.3, 0.4) is 0 Å². The number of hydrogen-bond donors (Lipinski definition) is 1.